The van der Waals surface area contributed by atoms with Crippen LogP contribution in [0.4, 0.5) is 18.9 Å². The normalized spacial score (nSPS) is 10.6. The average molecular weight is 234 g/mol. The maximum atomic E-state index is 13.2. The van der Waals surface area contributed by atoms with Crippen molar-refractivity contribution in [2.24, 2.45) is 0 Å². The lowest BCUT2D eigenvalue weighted by Crippen LogP contribution is -2.13. The van der Waals surface area contributed by atoms with E-state index in [1.165, 1.54) is 6.92 Å². The highest BCUT2D eigenvalue weighted by atomic mass is 19.3. The molecule has 0 spiro atoms. The number of hydrogen-bond acceptors (Lipinski definition) is 4. The molecule has 88 valence electrons. The van der Waals surface area contributed by atoms with E-state index in [0.717, 1.165) is 6.07 Å². The maximum absolute atomic E-state index is 13.2. The molecular formula is C9H9F3N2O2. The molecule has 0 atom stereocenters. The van der Waals surface area contributed by atoms with Gasteiger partial charge in [-0.15, -0.1) is 0 Å². The first-order chi connectivity index (χ1) is 7.47. The molecule has 0 aliphatic heterocycles. The first-order valence-corrected chi connectivity index (χ1v) is 4.38. The van der Waals surface area contributed by atoms with Crippen LogP contribution >= 0.6 is 0 Å². The number of halogens is 3. The molecule has 0 saturated carbocycles. The predicted molar refractivity (Wildman–Crippen MR) is 49.5 cm³/mol. The summed E-state index contributed by atoms with van der Waals surface area (Å²) in [5.41, 5.74) is 3.43. The molecule has 0 bridgehead atoms. The minimum Gasteiger partial charge on any atom is -0.462 e. The van der Waals surface area contributed by atoms with Crippen LogP contribution in [0.5, 0.6) is 0 Å². The first-order valence-electron chi connectivity index (χ1n) is 4.38. The number of nitrogens with two attached hydrogens (primary N) is 1. The number of aromatic nitrogens is 1. The third-order valence-electron chi connectivity index (χ3n) is 1.73. The van der Waals surface area contributed by atoms with Gasteiger partial charge in [0.2, 0.25) is 5.95 Å². The van der Waals surface area contributed by atoms with E-state index < -0.39 is 35.3 Å². The molecule has 2 N–H and O–H groups in total. The van der Waals surface area contributed by atoms with E-state index in [1.54, 1.807) is 0 Å². The summed E-state index contributed by atoms with van der Waals surface area (Å²) >= 11 is 0. The fourth-order valence-corrected chi connectivity index (χ4v) is 1.07. The van der Waals surface area contributed by atoms with E-state index in [4.69, 9.17) is 5.73 Å². The molecule has 1 aromatic heterocycles. The van der Waals surface area contributed by atoms with Gasteiger partial charge in [0.15, 0.2) is 0 Å². The molecule has 16 heavy (non-hydrogen) atoms. The summed E-state index contributed by atoms with van der Waals surface area (Å²) in [5, 5.41) is 0. The lowest BCUT2D eigenvalue weighted by atomic mass is 10.2. The summed E-state index contributed by atoms with van der Waals surface area (Å²) in [5.74, 6) is -2.38. The molecule has 4 nitrogen and oxygen atoms in total. The van der Waals surface area contributed by atoms with Gasteiger partial charge in [-0.3, -0.25) is 0 Å². The zero-order valence-corrected chi connectivity index (χ0v) is 8.34. The van der Waals surface area contributed by atoms with Crippen molar-refractivity contribution in [3.63, 3.8) is 0 Å². The molecule has 0 radical (unpaired) electrons. The van der Waals surface area contributed by atoms with Crippen molar-refractivity contribution in [3.8, 4) is 0 Å². The van der Waals surface area contributed by atoms with Gasteiger partial charge >= 0.3 is 5.97 Å². The van der Waals surface area contributed by atoms with Crippen LogP contribution in [0.25, 0.3) is 0 Å². The maximum Gasteiger partial charge on any atom is 0.344 e. The van der Waals surface area contributed by atoms with Crippen molar-refractivity contribution < 1.29 is 22.7 Å². The number of esters is 1. The van der Waals surface area contributed by atoms with E-state index in [-0.39, 0.29) is 6.61 Å². The number of pyridine rings is 1. The Labute approximate surface area is 89.2 Å². The van der Waals surface area contributed by atoms with Crippen molar-refractivity contribution in [1.82, 2.24) is 4.98 Å². The van der Waals surface area contributed by atoms with Crippen LogP contribution in [0.15, 0.2) is 6.07 Å². The van der Waals surface area contributed by atoms with Crippen molar-refractivity contribution in [2.45, 2.75) is 13.3 Å². The van der Waals surface area contributed by atoms with Gasteiger partial charge in [-0.1, -0.05) is 0 Å². The van der Waals surface area contributed by atoms with Crippen LogP contribution in [-0.4, -0.2) is 17.6 Å². The minimum absolute atomic E-state index is 0.0221. The summed E-state index contributed by atoms with van der Waals surface area (Å²) in [6.07, 6.45) is -2.95. The Hall–Kier alpha value is -1.79. The summed E-state index contributed by atoms with van der Waals surface area (Å²) in [7, 11) is 0. The van der Waals surface area contributed by atoms with Crippen LogP contribution in [0.1, 0.15) is 29.4 Å². The number of anilines is 1. The fourth-order valence-electron chi connectivity index (χ4n) is 1.07. The molecule has 1 rings (SSSR count). The Morgan fingerprint density at radius 2 is 2.25 bits per heavy atom. The SMILES string of the molecule is CCOC(=O)c1c(N)cc(C(F)F)nc1F. The van der Waals surface area contributed by atoms with E-state index in [2.05, 4.69) is 9.72 Å². The van der Waals surface area contributed by atoms with E-state index >= 15 is 0 Å². The second-order valence-electron chi connectivity index (χ2n) is 2.82. The van der Waals surface area contributed by atoms with Crippen molar-refractivity contribution in [3.05, 3.63) is 23.3 Å². The standard InChI is InChI=1S/C9H9F3N2O2/c1-2-16-9(15)6-4(13)3-5(7(10)11)14-8(6)12/h3,7H,2H2,1H3,(H2,13,14). The first kappa shape index (κ1) is 12.3. The molecule has 0 saturated heterocycles. The van der Waals surface area contributed by atoms with Crippen LogP contribution in [0, 0.1) is 5.95 Å². The van der Waals surface area contributed by atoms with Crippen molar-refractivity contribution in [1.29, 1.82) is 0 Å². The molecule has 0 aliphatic rings. The minimum atomic E-state index is -2.95. The zero-order chi connectivity index (χ0) is 12.3. The Kier molecular flexibility index (Phi) is 3.70. The van der Waals surface area contributed by atoms with E-state index in [0.29, 0.717) is 0 Å². The number of nitrogen functional groups attached to an aromatic ring is 1. The molecule has 0 aromatic carbocycles. The van der Waals surface area contributed by atoms with E-state index in [9.17, 15) is 18.0 Å². The molecule has 0 unspecified atom stereocenters. The van der Waals surface area contributed by atoms with Gasteiger partial charge in [-0.25, -0.2) is 18.6 Å². The number of carbonyl (C=O) groups is 1. The van der Waals surface area contributed by atoms with Crippen LogP contribution < -0.4 is 5.73 Å². The van der Waals surface area contributed by atoms with Gasteiger partial charge in [0.05, 0.1) is 12.3 Å². The Balaban J connectivity index is 3.17. The molecule has 0 fully saturated rings. The second kappa shape index (κ2) is 4.82. The Bertz CT molecular complexity index is 387. The third-order valence-corrected chi connectivity index (χ3v) is 1.73. The quantitative estimate of drug-likeness (QED) is 0.641. The van der Waals surface area contributed by atoms with Gasteiger partial charge in [0.1, 0.15) is 11.3 Å². The molecule has 1 aromatic rings. The third kappa shape index (κ3) is 2.41. The van der Waals surface area contributed by atoms with Gasteiger partial charge in [-0.05, 0) is 13.0 Å². The lowest BCUT2D eigenvalue weighted by molar-refractivity contribution is 0.0520. The summed E-state index contributed by atoms with van der Waals surface area (Å²) in [4.78, 5) is 14.1. The lowest BCUT2D eigenvalue weighted by Gasteiger charge is -2.07. The average Bonchev–Trinajstić information content (AvgIpc) is 2.16. The van der Waals surface area contributed by atoms with Gasteiger partial charge in [-0.2, -0.15) is 4.39 Å². The number of hydrogen-bond donors (Lipinski definition) is 1. The highest BCUT2D eigenvalue weighted by molar-refractivity contribution is 5.95. The van der Waals surface area contributed by atoms with Gasteiger partial charge < -0.3 is 10.5 Å². The summed E-state index contributed by atoms with van der Waals surface area (Å²) < 4.78 is 42.1. The molecule has 0 aliphatic carbocycles. The smallest absolute Gasteiger partial charge is 0.344 e. The number of rotatable bonds is 3. The summed E-state index contributed by atoms with van der Waals surface area (Å²) in [6, 6.07) is 0.750. The zero-order valence-electron chi connectivity index (χ0n) is 8.34. The fraction of sp³-hybridized carbons (Fsp3) is 0.333. The highest BCUT2D eigenvalue weighted by Gasteiger charge is 2.21. The van der Waals surface area contributed by atoms with Crippen LogP contribution in [0.2, 0.25) is 0 Å². The number of ether oxygens (including phenoxy) is 1. The van der Waals surface area contributed by atoms with Crippen LogP contribution in [0.3, 0.4) is 0 Å². The topological polar surface area (TPSA) is 65.2 Å². The molecule has 1 heterocycles. The highest BCUT2D eigenvalue weighted by Crippen LogP contribution is 2.23. The van der Waals surface area contributed by atoms with Gasteiger partial charge in [0.25, 0.3) is 6.43 Å². The monoisotopic (exact) mass is 234 g/mol. The van der Waals surface area contributed by atoms with Crippen LogP contribution in [-0.2, 0) is 4.74 Å². The van der Waals surface area contributed by atoms with E-state index in [1.807, 2.05) is 0 Å². The Morgan fingerprint density at radius 1 is 1.62 bits per heavy atom. The largest absolute Gasteiger partial charge is 0.462 e. The Morgan fingerprint density at radius 3 is 2.69 bits per heavy atom. The predicted octanol–water partition coefficient (Wildman–Crippen LogP) is 1.92. The van der Waals surface area contributed by atoms with Crippen molar-refractivity contribution in [2.75, 3.05) is 12.3 Å². The number of carbonyl (C=O) groups excluding carboxylic acids is 1. The molecule has 0 amide bonds. The summed E-state index contributed by atoms with van der Waals surface area (Å²) in [6.45, 7) is 1.54. The number of alkyl halides is 2. The molecular weight excluding hydrogens is 225 g/mol. The van der Waals surface area contributed by atoms with Gasteiger partial charge in [0, 0.05) is 0 Å². The number of nitrogens with zero attached hydrogens (tertiary/aromatic N) is 1. The second-order valence-corrected chi connectivity index (χ2v) is 2.82. The van der Waals surface area contributed by atoms with Crippen molar-refractivity contribution >= 4 is 11.7 Å². The molecule has 7 heteroatoms.